The summed E-state index contributed by atoms with van der Waals surface area (Å²) >= 11 is 1.37. The molecule has 2 rings (SSSR count). The van der Waals surface area contributed by atoms with Gasteiger partial charge in [0.25, 0.3) is 11.8 Å². The lowest BCUT2D eigenvalue weighted by molar-refractivity contribution is 0.100. The number of rotatable bonds is 4. The van der Waals surface area contributed by atoms with E-state index < -0.39 is 5.91 Å². The van der Waals surface area contributed by atoms with Gasteiger partial charge in [-0.1, -0.05) is 6.92 Å². The molecule has 0 aliphatic heterocycles. The van der Waals surface area contributed by atoms with Crippen LogP contribution in [0.3, 0.4) is 0 Å². The molecule has 0 saturated heterocycles. The molecule has 0 unspecified atom stereocenters. The molecular formula is C15H18N2O3S. The average Bonchev–Trinajstić information content (AvgIpc) is 2.88. The van der Waals surface area contributed by atoms with Crippen LogP contribution < -0.4 is 11.1 Å². The minimum Gasteiger partial charge on any atom is -0.466 e. The van der Waals surface area contributed by atoms with Crippen LogP contribution in [0.25, 0.3) is 0 Å². The summed E-state index contributed by atoms with van der Waals surface area (Å²) in [7, 11) is 0. The van der Waals surface area contributed by atoms with Crippen LogP contribution in [0.15, 0.2) is 10.5 Å². The van der Waals surface area contributed by atoms with Crippen molar-refractivity contribution in [3.63, 3.8) is 0 Å². The number of aryl methyl sites for hydroxylation is 3. The van der Waals surface area contributed by atoms with Crippen molar-refractivity contribution in [3.05, 3.63) is 39.2 Å². The smallest absolute Gasteiger partial charge is 0.259 e. The lowest BCUT2D eigenvalue weighted by Gasteiger charge is -2.05. The highest BCUT2D eigenvalue weighted by Gasteiger charge is 2.22. The second-order valence-electron chi connectivity index (χ2n) is 4.84. The minimum atomic E-state index is -0.522. The zero-order valence-corrected chi connectivity index (χ0v) is 13.3. The van der Waals surface area contributed by atoms with Gasteiger partial charge in [0.2, 0.25) is 0 Å². The number of thiophene rings is 1. The minimum absolute atomic E-state index is 0.296. The number of primary amides is 1. The maximum Gasteiger partial charge on any atom is 0.259 e. The van der Waals surface area contributed by atoms with Gasteiger partial charge in [-0.15, -0.1) is 11.3 Å². The van der Waals surface area contributed by atoms with Crippen LogP contribution in [-0.2, 0) is 6.42 Å². The summed E-state index contributed by atoms with van der Waals surface area (Å²) in [6, 6.07) is 1.68. The van der Waals surface area contributed by atoms with Crippen molar-refractivity contribution in [2.24, 2.45) is 5.73 Å². The summed E-state index contributed by atoms with van der Waals surface area (Å²) in [6.07, 6.45) is 0.695. The monoisotopic (exact) mass is 306 g/mol. The summed E-state index contributed by atoms with van der Waals surface area (Å²) in [5.74, 6) is 0.404. The highest BCUT2D eigenvalue weighted by molar-refractivity contribution is 7.16. The van der Waals surface area contributed by atoms with Crippen molar-refractivity contribution >= 4 is 28.2 Å². The number of nitrogens with one attached hydrogen (secondary N) is 1. The molecule has 0 atom stereocenters. The SMILES string of the molecule is CCc1c(C)sc(NC(=O)c2cc(C)oc2C)c1C(N)=O. The first-order valence-electron chi connectivity index (χ1n) is 6.65. The van der Waals surface area contributed by atoms with Gasteiger partial charge in [-0.25, -0.2) is 0 Å². The van der Waals surface area contributed by atoms with Crippen molar-refractivity contribution in [2.75, 3.05) is 5.32 Å². The first-order chi connectivity index (χ1) is 9.85. The molecule has 0 aliphatic rings. The van der Waals surface area contributed by atoms with Gasteiger partial charge in [-0.05, 0) is 38.8 Å². The summed E-state index contributed by atoms with van der Waals surface area (Å²) in [6.45, 7) is 7.38. The molecule has 0 aliphatic carbocycles. The van der Waals surface area contributed by atoms with Gasteiger partial charge < -0.3 is 15.5 Å². The molecular weight excluding hydrogens is 288 g/mol. The maximum atomic E-state index is 12.3. The average molecular weight is 306 g/mol. The van der Waals surface area contributed by atoms with E-state index in [1.807, 2.05) is 13.8 Å². The Labute approximate surface area is 127 Å². The Bertz CT molecular complexity index is 713. The highest BCUT2D eigenvalue weighted by Crippen LogP contribution is 2.33. The van der Waals surface area contributed by atoms with Gasteiger partial charge in [0.05, 0.1) is 11.1 Å². The molecule has 112 valence electrons. The first-order valence-corrected chi connectivity index (χ1v) is 7.47. The van der Waals surface area contributed by atoms with Crippen LogP contribution in [0.5, 0.6) is 0 Å². The van der Waals surface area contributed by atoms with E-state index in [4.69, 9.17) is 10.2 Å². The Kier molecular flexibility index (Phi) is 4.18. The van der Waals surface area contributed by atoms with Crippen LogP contribution in [0.1, 0.15) is 49.6 Å². The Hall–Kier alpha value is -2.08. The van der Waals surface area contributed by atoms with Crippen molar-refractivity contribution in [1.82, 2.24) is 0 Å². The van der Waals surface area contributed by atoms with Gasteiger partial charge in [0, 0.05) is 4.88 Å². The Morgan fingerprint density at radius 2 is 2.00 bits per heavy atom. The molecule has 2 aromatic rings. The Morgan fingerprint density at radius 1 is 1.33 bits per heavy atom. The molecule has 0 fully saturated rings. The van der Waals surface area contributed by atoms with E-state index in [0.29, 0.717) is 34.1 Å². The molecule has 5 nitrogen and oxygen atoms in total. The van der Waals surface area contributed by atoms with E-state index in [1.165, 1.54) is 11.3 Å². The summed E-state index contributed by atoms with van der Waals surface area (Å²) in [5.41, 5.74) is 7.22. The van der Waals surface area contributed by atoms with Crippen molar-refractivity contribution in [3.8, 4) is 0 Å². The Morgan fingerprint density at radius 3 is 2.48 bits per heavy atom. The van der Waals surface area contributed by atoms with Crippen LogP contribution in [0.2, 0.25) is 0 Å². The van der Waals surface area contributed by atoms with Gasteiger partial charge in [0.15, 0.2) is 0 Å². The van der Waals surface area contributed by atoms with Gasteiger partial charge in [0.1, 0.15) is 16.5 Å². The van der Waals surface area contributed by atoms with E-state index in [0.717, 1.165) is 10.4 Å². The fourth-order valence-electron chi connectivity index (χ4n) is 2.38. The van der Waals surface area contributed by atoms with Crippen molar-refractivity contribution < 1.29 is 14.0 Å². The fraction of sp³-hybridized carbons (Fsp3) is 0.333. The summed E-state index contributed by atoms with van der Waals surface area (Å²) in [5, 5.41) is 3.28. The largest absolute Gasteiger partial charge is 0.466 e. The molecule has 2 heterocycles. The number of hydrogen-bond donors (Lipinski definition) is 2. The molecule has 0 spiro atoms. The lowest BCUT2D eigenvalue weighted by atomic mass is 10.1. The third kappa shape index (κ3) is 2.85. The van der Waals surface area contributed by atoms with Crippen LogP contribution in [-0.4, -0.2) is 11.8 Å². The molecule has 21 heavy (non-hydrogen) atoms. The molecule has 3 N–H and O–H groups in total. The summed E-state index contributed by atoms with van der Waals surface area (Å²) in [4.78, 5) is 25.0. The predicted octanol–water partition coefficient (Wildman–Crippen LogP) is 3.18. The maximum absolute atomic E-state index is 12.3. The normalized spacial score (nSPS) is 10.7. The van der Waals surface area contributed by atoms with E-state index >= 15 is 0 Å². The lowest BCUT2D eigenvalue weighted by Crippen LogP contribution is -2.18. The second kappa shape index (κ2) is 5.73. The standard InChI is InChI=1S/C15H18N2O3S/c1-5-10-9(4)21-15(12(10)13(16)18)17-14(19)11-6-7(2)20-8(11)3/h6H,5H2,1-4H3,(H2,16,18)(H,17,19). The quantitative estimate of drug-likeness (QED) is 0.909. The number of hydrogen-bond acceptors (Lipinski definition) is 4. The molecule has 0 aromatic carbocycles. The molecule has 0 saturated carbocycles. The van der Waals surface area contributed by atoms with Crippen LogP contribution >= 0.6 is 11.3 Å². The number of carbonyl (C=O) groups excluding carboxylic acids is 2. The zero-order chi connectivity index (χ0) is 15.7. The first kappa shape index (κ1) is 15.3. The molecule has 2 aromatic heterocycles. The van der Waals surface area contributed by atoms with Gasteiger partial charge >= 0.3 is 0 Å². The van der Waals surface area contributed by atoms with E-state index in [1.54, 1.807) is 19.9 Å². The topological polar surface area (TPSA) is 85.3 Å². The summed E-state index contributed by atoms with van der Waals surface area (Å²) < 4.78 is 5.35. The number of amides is 2. The number of anilines is 1. The number of furan rings is 1. The van der Waals surface area contributed by atoms with Crippen LogP contribution in [0.4, 0.5) is 5.00 Å². The third-order valence-corrected chi connectivity index (χ3v) is 4.38. The second-order valence-corrected chi connectivity index (χ2v) is 6.06. The van der Waals surface area contributed by atoms with E-state index in [2.05, 4.69) is 5.32 Å². The van der Waals surface area contributed by atoms with E-state index in [-0.39, 0.29) is 5.91 Å². The third-order valence-electron chi connectivity index (χ3n) is 3.32. The molecule has 6 heteroatoms. The fourth-order valence-corrected chi connectivity index (χ4v) is 3.53. The van der Waals surface area contributed by atoms with E-state index in [9.17, 15) is 9.59 Å². The predicted molar refractivity (Wildman–Crippen MR) is 83.1 cm³/mol. The van der Waals surface area contributed by atoms with Gasteiger partial charge in [-0.2, -0.15) is 0 Å². The van der Waals surface area contributed by atoms with Crippen LogP contribution in [0, 0.1) is 20.8 Å². The number of nitrogens with two attached hydrogens (primary N) is 1. The zero-order valence-electron chi connectivity index (χ0n) is 12.5. The highest BCUT2D eigenvalue weighted by atomic mass is 32.1. The van der Waals surface area contributed by atoms with Crippen molar-refractivity contribution in [1.29, 1.82) is 0 Å². The molecule has 0 bridgehead atoms. The molecule has 2 amide bonds. The van der Waals surface area contributed by atoms with Crippen molar-refractivity contribution in [2.45, 2.75) is 34.1 Å². The Balaban J connectivity index is 2.38. The van der Waals surface area contributed by atoms with Gasteiger partial charge in [-0.3, -0.25) is 9.59 Å². The number of carbonyl (C=O) groups is 2. The molecule has 0 radical (unpaired) electrons.